The second-order valence-electron chi connectivity index (χ2n) is 5.06. The molecule has 2 aromatic carbocycles. The van der Waals surface area contributed by atoms with E-state index in [2.05, 4.69) is 26.0 Å². The van der Waals surface area contributed by atoms with E-state index in [1.165, 1.54) is 5.56 Å². The van der Waals surface area contributed by atoms with Crippen molar-refractivity contribution in [3.8, 4) is 11.5 Å². The lowest BCUT2D eigenvalue weighted by atomic mass is 10.1. The number of hydrogen-bond acceptors (Lipinski definition) is 2. The largest absolute Gasteiger partial charge is 0.457 e. The molecule has 0 aliphatic rings. The Labute approximate surface area is 120 Å². The summed E-state index contributed by atoms with van der Waals surface area (Å²) >= 11 is 0. The van der Waals surface area contributed by atoms with E-state index in [0.29, 0.717) is 17.7 Å². The topological polar surface area (TPSA) is 26.3 Å². The lowest BCUT2D eigenvalue weighted by Gasteiger charge is -2.14. The molecular weight excluding hydrogens is 248 g/mol. The van der Waals surface area contributed by atoms with Crippen LogP contribution in [0.4, 0.5) is 0 Å². The Morgan fingerprint density at radius 1 is 1.05 bits per heavy atom. The molecule has 2 rings (SSSR count). The molecule has 0 amide bonds. The second kappa shape index (κ2) is 5.91. The minimum Gasteiger partial charge on any atom is -0.457 e. The van der Waals surface area contributed by atoms with E-state index in [1.807, 2.05) is 38.1 Å². The summed E-state index contributed by atoms with van der Waals surface area (Å²) in [6, 6.07) is 11.5. The van der Waals surface area contributed by atoms with E-state index < -0.39 is 0 Å². The first kappa shape index (κ1) is 14.3. The molecule has 0 saturated heterocycles. The van der Waals surface area contributed by atoms with Crippen molar-refractivity contribution in [3.63, 3.8) is 0 Å². The van der Waals surface area contributed by atoms with Gasteiger partial charge in [0, 0.05) is 12.0 Å². The Balaban J connectivity index is 2.36. The molecule has 2 heteroatoms. The van der Waals surface area contributed by atoms with E-state index >= 15 is 0 Å². The lowest BCUT2D eigenvalue weighted by molar-refractivity contribution is 0.0988. The van der Waals surface area contributed by atoms with Gasteiger partial charge in [-0.2, -0.15) is 0 Å². The summed E-state index contributed by atoms with van der Waals surface area (Å²) in [5.41, 5.74) is 4.14. The average Bonchev–Trinajstić information content (AvgIpc) is 2.47. The Kier molecular flexibility index (Phi) is 4.23. The lowest BCUT2D eigenvalue weighted by Crippen LogP contribution is -1.98. The minimum atomic E-state index is 0.133. The van der Waals surface area contributed by atoms with Gasteiger partial charge in [0.15, 0.2) is 5.78 Å². The molecule has 0 N–H and O–H groups in total. The van der Waals surface area contributed by atoms with Gasteiger partial charge in [-0.05, 0) is 49.6 Å². The van der Waals surface area contributed by atoms with Crippen molar-refractivity contribution >= 4 is 5.78 Å². The van der Waals surface area contributed by atoms with Gasteiger partial charge < -0.3 is 4.74 Å². The zero-order chi connectivity index (χ0) is 14.7. The first-order valence-electron chi connectivity index (χ1n) is 6.91. The third-order valence-corrected chi connectivity index (χ3v) is 3.57. The van der Waals surface area contributed by atoms with Crippen molar-refractivity contribution in [2.75, 3.05) is 0 Å². The molecule has 0 aliphatic carbocycles. The van der Waals surface area contributed by atoms with Crippen molar-refractivity contribution in [3.05, 3.63) is 58.7 Å². The van der Waals surface area contributed by atoms with Crippen molar-refractivity contribution in [1.82, 2.24) is 0 Å². The molecule has 0 heterocycles. The minimum absolute atomic E-state index is 0.133. The molecule has 0 spiro atoms. The maximum Gasteiger partial charge on any atom is 0.162 e. The molecule has 0 radical (unpaired) electrons. The number of hydrogen-bond donors (Lipinski definition) is 0. The molecule has 0 aliphatic heterocycles. The van der Waals surface area contributed by atoms with Crippen LogP contribution in [-0.2, 0) is 0 Å². The maximum absolute atomic E-state index is 11.8. The molecule has 104 valence electrons. The van der Waals surface area contributed by atoms with Crippen LogP contribution < -0.4 is 4.74 Å². The molecule has 0 aromatic heterocycles. The number of benzene rings is 2. The number of ketones is 1. The molecule has 0 unspecified atom stereocenters. The molecular formula is C18H20O2. The smallest absolute Gasteiger partial charge is 0.162 e. The van der Waals surface area contributed by atoms with Crippen LogP contribution in [0.1, 0.15) is 40.4 Å². The summed E-state index contributed by atoms with van der Waals surface area (Å²) in [6.07, 6.45) is 0.506. The quantitative estimate of drug-likeness (QED) is 0.730. The van der Waals surface area contributed by atoms with Crippen molar-refractivity contribution < 1.29 is 9.53 Å². The number of carbonyl (C=O) groups is 1. The molecule has 2 nitrogen and oxygen atoms in total. The highest BCUT2D eigenvalue weighted by Crippen LogP contribution is 2.31. The molecule has 0 atom stereocenters. The highest BCUT2D eigenvalue weighted by molar-refractivity contribution is 5.96. The highest BCUT2D eigenvalue weighted by atomic mass is 16.5. The van der Waals surface area contributed by atoms with Crippen molar-refractivity contribution in [2.24, 2.45) is 0 Å². The number of rotatable bonds is 4. The summed E-state index contributed by atoms with van der Waals surface area (Å²) in [7, 11) is 0. The van der Waals surface area contributed by atoms with E-state index in [1.54, 1.807) is 0 Å². The Morgan fingerprint density at radius 2 is 1.75 bits per heavy atom. The van der Waals surface area contributed by atoms with E-state index in [0.717, 1.165) is 16.9 Å². The van der Waals surface area contributed by atoms with Gasteiger partial charge in [-0.15, -0.1) is 0 Å². The van der Waals surface area contributed by atoms with Crippen LogP contribution >= 0.6 is 0 Å². The fourth-order valence-electron chi connectivity index (χ4n) is 2.14. The summed E-state index contributed by atoms with van der Waals surface area (Å²) in [5, 5.41) is 0. The molecule has 0 saturated carbocycles. The van der Waals surface area contributed by atoms with Gasteiger partial charge in [0.05, 0.1) is 0 Å². The monoisotopic (exact) mass is 268 g/mol. The SMILES string of the molecule is CCC(=O)c1cccc(Oc2c(C)ccc(C)c2C)c1. The number of ether oxygens (including phenoxy) is 1. The fraction of sp³-hybridized carbons (Fsp3) is 0.278. The van der Waals surface area contributed by atoms with E-state index in [9.17, 15) is 4.79 Å². The van der Waals surface area contributed by atoms with Gasteiger partial charge >= 0.3 is 0 Å². The van der Waals surface area contributed by atoms with E-state index in [4.69, 9.17) is 4.74 Å². The molecule has 20 heavy (non-hydrogen) atoms. The first-order valence-corrected chi connectivity index (χ1v) is 6.91. The average molecular weight is 268 g/mol. The fourth-order valence-corrected chi connectivity index (χ4v) is 2.14. The second-order valence-corrected chi connectivity index (χ2v) is 5.06. The summed E-state index contributed by atoms with van der Waals surface area (Å²) < 4.78 is 6.00. The van der Waals surface area contributed by atoms with E-state index in [-0.39, 0.29) is 5.78 Å². The summed E-state index contributed by atoms with van der Waals surface area (Å²) in [5.74, 6) is 1.72. The van der Waals surface area contributed by atoms with Gasteiger partial charge in [0.25, 0.3) is 0 Å². The molecule has 0 fully saturated rings. The van der Waals surface area contributed by atoms with Crippen molar-refractivity contribution in [1.29, 1.82) is 0 Å². The van der Waals surface area contributed by atoms with Crippen molar-refractivity contribution in [2.45, 2.75) is 34.1 Å². The Hall–Kier alpha value is -2.09. The normalized spacial score (nSPS) is 10.4. The van der Waals surface area contributed by atoms with Crippen LogP contribution in [0.25, 0.3) is 0 Å². The third kappa shape index (κ3) is 2.90. The summed E-state index contributed by atoms with van der Waals surface area (Å²) in [4.78, 5) is 11.8. The first-order chi connectivity index (χ1) is 9.52. The van der Waals surface area contributed by atoms with Gasteiger partial charge in [-0.1, -0.05) is 31.2 Å². The van der Waals surface area contributed by atoms with Crippen LogP contribution in [0, 0.1) is 20.8 Å². The van der Waals surface area contributed by atoms with Crippen LogP contribution in [0.3, 0.4) is 0 Å². The predicted octanol–water partition coefficient (Wildman–Crippen LogP) is 5.00. The van der Waals surface area contributed by atoms with Gasteiger partial charge in [-0.3, -0.25) is 4.79 Å². The third-order valence-electron chi connectivity index (χ3n) is 3.57. The Morgan fingerprint density at radius 3 is 2.45 bits per heavy atom. The highest BCUT2D eigenvalue weighted by Gasteiger charge is 2.09. The number of aryl methyl sites for hydroxylation is 2. The van der Waals surface area contributed by atoms with Crippen LogP contribution in [0.5, 0.6) is 11.5 Å². The van der Waals surface area contributed by atoms with Crippen LogP contribution in [0.2, 0.25) is 0 Å². The Bertz CT molecular complexity index is 642. The maximum atomic E-state index is 11.8. The zero-order valence-electron chi connectivity index (χ0n) is 12.5. The van der Waals surface area contributed by atoms with Gasteiger partial charge in [0.2, 0.25) is 0 Å². The van der Waals surface area contributed by atoms with Gasteiger partial charge in [0.1, 0.15) is 11.5 Å². The zero-order valence-corrected chi connectivity index (χ0v) is 12.5. The van der Waals surface area contributed by atoms with Crippen LogP contribution in [0.15, 0.2) is 36.4 Å². The molecule has 2 aromatic rings. The standard InChI is InChI=1S/C18H20O2/c1-5-17(19)15-7-6-8-16(11-15)20-18-13(3)10-9-12(2)14(18)4/h6-11H,5H2,1-4H3. The van der Waals surface area contributed by atoms with Gasteiger partial charge in [-0.25, -0.2) is 0 Å². The predicted molar refractivity (Wildman–Crippen MR) is 81.8 cm³/mol. The molecule has 0 bridgehead atoms. The number of carbonyl (C=O) groups excluding carboxylic acids is 1. The van der Waals surface area contributed by atoms with Crippen LogP contribution in [-0.4, -0.2) is 5.78 Å². The summed E-state index contributed by atoms with van der Waals surface area (Å²) in [6.45, 7) is 8.02. The number of Topliss-reactive ketones (excluding diaryl/α,β-unsaturated/α-hetero) is 1.